The Labute approximate surface area is 122 Å². The van der Waals surface area contributed by atoms with Gasteiger partial charge in [-0.15, -0.1) is 0 Å². The van der Waals surface area contributed by atoms with E-state index in [9.17, 15) is 10.1 Å². The van der Waals surface area contributed by atoms with Crippen molar-refractivity contribution in [1.82, 2.24) is 10.3 Å². The van der Waals surface area contributed by atoms with Gasteiger partial charge in [0.1, 0.15) is 5.52 Å². The number of anilines is 1. The molecule has 0 saturated carbocycles. The van der Waals surface area contributed by atoms with Crippen LogP contribution in [0, 0.1) is 16.0 Å². The van der Waals surface area contributed by atoms with Gasteiger partial charge in [-0.25, -0.2) is 0 Å². The van der Waals surface area contributed by atoms with Crippen LogP contribution in [0.2, 0.25) is 0 Å². The van der Waals surface area contributed by atoms with Gasteiger partial charge in [0.2, 0.25) is 0 Å². The molecule has 1 aliphatic heterocycles. The molecule has 0 radical (unpaired) electrons. The third-order valence-electron chi connectivity index (χ3n) is 3.83. The number of oxazole rings is 1. The normalized spacial score (nSPS) is 18.8. The van der Waals surface area contributed by atoms with Gasteiger partial charge in [0.25, 0.3) is 11.7 Å². The number of aromatic nitrogens is 1. The van der Waals surface area contributed by atoms with Crippen molar-refractivity contribution >= 4 is 22.8 Å². The smallest absolute Gasteiger partial charge is 0.298 e. The first kappa shape index (κ1) is 13.8. The molecule has 1 atom stereocenters. The third-order valence-corrected chi connectivity index (χ3v) is 3.83. The monoisotopic (exact) mass is 290 g/mol. The van der Waals surface area contributed by atoms with Gasteiger partial charge in [-0.1, -0.05) is 0 Å². The van der Waals surface area contributed by atoms with Crippen LogP contribution in [0.4, 0.5) is 11.7 Å². The zero-order chi connectivity index (χ0) is 14.8. The van der Waals surface area contributed by atoms with Gasteiger partial charge in [-0.3, -0.25) is 10.1 Å². The number of piperidine rings is 1. The van der Waals surface area contributed by atoms with Crippen LogP contribution in [0.25, 0.3) is 11.1 Å². The van der Waals surface area contributed by atoms with Crippen LogP contribution in [0.1, 0.15) is 12.8 Å². The van der Waals surface area contributed by atoms with Gasteiger partial charge in [-0.05, 0) is 37.9 Å². The zero-order valence-corrected chi connectivity index (χ0v) is 11.9. The van der Waals surface area contributed by atoms with Crippen LogP contribution in [0.15, 0.2) is 22.6 Å². The molecule has 0 bridgehead atoms. The Kier molecular flexibility index (Phi) is 3.74. The number of nitro groups is 1. The van der Waals surface area contributed by atoms with Crippen molar-refractivity contribution in [3.05, 3.63) is 28.3 Å². The fraction of sp³-hybridized carbons (Fsp3) is 0.500. The minimum absolute atomic E-state index is 0.0292. The Bertz CT molecular complexity index is 649. The standard InChI is InChI=1S/C14H18N4O3/c1-17(9-10-3-2-6-15-8-10)14-16-12-7-11(18(19)20)4-5-13(12)21-14/h4-5,7,10,15H,2-3,6,8-9H2,1H3/t10-/m1/s1. The molecule has 0 unspecified atom stereocenters. The number of fused-ring (bicyclic) bond motifs is 1. The van der Waals surface area contributed by atoms with Crippen molar-refractivity contribution in [3.63, 3.8) is 0 Å². The summed E-state index contributed by atoms with van der Waals surface area (Å²) in [6.07, 6.45) is 2.39. The Hall–Kier alpha value is -2.15. The molecule has 1 aromatic heterocycles. The maximum atomic E-state index is 10.8. The van der Waals surface area contributed by atoms with Crippen molar-refractivity contribution in [2.24, 2.45) is 5.92 Å². The van der Waals surface area contributed by atoms with Crippen LogP contribution in [0.5, 0.6) is 0 Å². The largest absolute Gasteiger partial charge is 0.423 e. The second-order valence-corrected chi connectivity index (χ2v) is 5.50. The molecule has 7 heteroatoms. The zero-order valence-electron chi connectivity index (χ0n) is 11.9. The van der Waals surface area contributed by atoms with Gasteiger partial charge in [-0.2, -0.15) is 4.98 Å². The predicted octanol–water partition coefficient (Wildman–Crippen LogP) is 2.17. The van der Waals surface area contributed by atoms with E-state index < -0.39 is 4.92 Å². The summed E-state index contributed by atoms with van der Waals surface area (Å²) in [5.41, 5.74) is 1.12. The third kappa shape index (κ3) is 2.97. The van der Waals surface area contributed by atoms with Crippen molar-refractivity contribution in [2.75, 3.05) is 31.6 Å². The molecular formula is C14H18N4O3. The maximum Gasteiger partial charge on any atom is 0.298 e. The number of non-ortho nitro benzene ring substituents is 1. The van der Waals surface area contributed by atoms with E-state index >= 15 is 0 Å². The molecule has 7 nitrogen and oxygen atoms in total. The summed E-state index contributed by atoms with van der Waals surface area (Å²) < 4.78 is 5.68. The number of rotatable bonds is 4. The number of nitrogens with one attached hydrogen (secondary N) is 1. The summed E-state index contributed by atoms with van der Waals surface area (Å²) in [6.45, 7) is 2.96. The topological polar surface area (TPSA) is 84.4 Å². The first-order valence-electron chi connectivity index (χ1n) is 7.10. The highest BCUT2D eigenvalue weighted by Crippen LogP contribution is 2.25. The van der Waals surface area contributed by atoms with E-state index in [-0.39, 0.29) is 5.69 Å². The van der Waals surface area contributed by atoms with E-state index in [1.54, 1.807) is 6.07 Å². The Morgan fingerprint density at radius 1 is 1.57 bits per heavy atom. The summed E-state index contributed by atoms with van der Waals surface area (Å²) in [6, 6.07) is 4.98. The quantitative estimate of drug-likeness (QED) is 0.686. The summed E-state index contributed by atoms with van der Waals surface area (Å²) in [5, 5.41) is 14.2. The minimum Gasteiger partial charge on any atom is -0.423 e. The molecule has 1 fully saturated rings. The number of nitrogens with zero attached hydrogens (tertiary/aromatic N) is 3. The highest BCUT2D eigenvalue weighted by molar-refractivity contribution is 5.77. The van der Waals surface area contributed by atoms with Crippen molar-refractivity contribution in [2.45, 2.75) is 12.8 Å². The highest BCUT2D eigenvalue weighted by Gasteiger charge is 2.19. The molecule has 1 aromatic carbocycles. The molecule has 1 N–H and O–H groups in total. The number of benzene rings is 1. The molecule has 0 aliphatic carbocycles. The van der Waals surface area contributed by atoms with E-state index in [4.69, 9.17) is 4.42 Å². The van der Waals surface area contributed by atoms with E-state index in [0.29, 0.717) is 23.0 Å². The fourth-order valence-corrected chi connectivity index (χ4v) is 2.73. The average Bonchev–Trinajstić information content (AvgIpc) is 2.91. The summed E-state index contributed by atoms with van der Waals surface area (Å²) in [7, 11) is 1.94. The predicted molar refractivity (Wildman–Crippen MR) is 79.5 cm³/mol. The van der Waals surface area contributed by atoms with Crippen LogP contribution < -0.4 is 10.2 Å². The van der Waals surface area contributed by atoms with Crippen molar-refractivity contribution in [3.8, 4) is 0 Å². The highest BCUT2D eigenvalue weighted by atomic mass is 16.6. The van der Waals surface area contributed by atoms with Crippen LogP contribution >= 0.6 is 0 Å². The molecule has 1 aliphatic rings. The summed E-state index contributed by atoms with van der Waals surface area (Å²) >= 11 is 0. The second kappa shape index (κ2) is 5.69. The first-order chi connectivity index (χ1) is 10.1. The van der Waals surface area contributed by atoms with Crippen LogP contribution in [0.3, 0.4) is 0 Å². The first-order valence-corrected chi connectivity index (χ1v) is 7.10. The van der Waals surface area contributed by atoms with Crippen LogP contribution in [-0.2, 0) is 0 Å². The van der Waals surface area contributed by atoms with Gasteiger partial charge in [0.15, 0.2) is 5.58 Å². The van der Waals surface area contributed by atoms with E-state index in [0.717, 1.165) is 19.6 Å². The van der Waals surface area contributed by atoms with E-state index in [2.05, 4.69) is 10.3 Å². The Morgan fingerprint density at radius 2 is 2.43 bits per heavy atom. The lowest BCUT2D eigenvalue weighted by atomic mass is 9.99. The van der Waals surface area contributed by atoms with Crippen molar-refractivity contribution in [1.29, 1.82) is 0 Å². The second-order valence-electron chi connectivity index (χ2n) is 5.50. The van der Waals surface area contributed by atoms with Gasteiger partial charge >= 0.3 is 0 Å². The Morgan fingerprint density at radius 3 is 3.14 bits per heavy atom. The van der Waals surface area contributed by atoms with Gasteiger partial charge < -0.3 is 14.6 Å². The summed E-state index contributed by atoms with van der Waals surface area (Å²) in [5.74, 6) is 0.577. The fourth-order valence-electron chi connectivity index (χ4n) is 2.73. The Balaban J connectivity index is 1.78. The lowest BCUT2D eigenvalue weighted by Crippen LogP contribution is -2.36. The van der Waals surface area contributed by atoms with Gasteiger partial charge in [0, 0.05) is 25.7 Å². The molecule has 1 saturated heterocycles. The molecule has 0 spiro atoms. The van der Waals surface area contributed by atoms with Crippen molar-refractivity contribution < 1.29 is 9.34 Å². The molecule has 112 valence electrons. The van der Waals surface area contributed by atoms with Crippen LogP contribution in [-0.4, -0.2) is 36.6 Å². The molecular weight excluding hydrogens is 272 g/mol. The number of hydrogen-bond donors (Lipinski definition) is 1. The lowest BCUT2D eigenvalue weighted by molar-refractivity contribution is -0.384. The number of nitro benzene ring substituents is 1. The maximum absolute atomic E-state index is 10.8. The van der Waals surface area contributed by atoms with Gasteiger partial charge in [0.05, 0.1) is 4.92 Å². The van der Waals surface area contributed by atoms with E-state index in [1.165, 1.54) is 25.0 Å². The molecule has 21 heavy (non-hydrogen) atoms. The number of hydrogen-bond acceptors (Lipinski definition) is 6. The molecule has 2 heterocycles. The average molecular weight is 290 g/mol. The molecule has 2 aromatic rings. The molecule has 0 amide bonds. The van der Waals surface area contributed by atoms with E-state index in [1.807, 2.05) is 11.9 Å². The molecule has 3 rings (SSSR count). The summed E-state index contributed by atoms with van der Waals surface area (Å²) in [4.78, 5) is 16.7. The lowest BCUT2D eigenvalue weighted by Gasteiger charge is -2.26. The minimum atomic E-state index is -0.425. The SMILES string of the molecule is CN(C[C@@H]1CCCNC1)c1nc2cc([N+](=O)[O-])ccc2o1.